The standard InChI is InChI=1S/C16H14F2N2O/c1-9-10-4-2-3-7-19-15-12(6-5-11(17)14(15)18)20(16(10)19)13(9)8-21/h5-6,8H,2-4,7H2,1H3. The highest BCUT2D eigenvalue weighted by molar-refractivity contribution is 5.90. The maximum absolute atomic E-state index is 14.3. The van der Waals surface area contributed by atoms with Crippen LogP contribution in [0.4, 0.5) is 8.78 Å². The van der Waals surface area contributed by atoms with E-state index in [4.69, 9.17) is 0 Å². The van der Waals surface area contributed by atoms with Crippen LogP contribution in [0, 0.1) is 18.6 Å². The maximum atomic E-state index is 14.3. The molecule has 1 aliphatic heterocycles. The smallest absolute Gasteiger partial charge is 0.184 e. The Kier molecular flexibility index (Phi) is 2.49. The lowest BCUT2D eigenvalue weighted by molar-refractivity contribution is 0.111. The van der Waals surface area contributed by atoms with Crippen molar-refractivity contribution in [3.63, 3.8) is 0 Å². The summed E-state index contributed by atoms with van der Waals surface area (Å²) in [4.78, 5) is 11.5. The van der Waals surface area contributed by atoms with E-state index in [0.717, 1.165) is 48.4 Å². The van der Waals surface area contributed by atoms with Gasteiger partial charge in [0.2, 0.25) is 0 Å². The Morgan fingerprint density at radius 3 is 2.81 bits per heavy atom. The fourth-order valence-electron chi connectivity index (χ4n) is 3.57. The molecule has 0 saturated carbocycles. The average molecular weight is 288 g/mol. The number of halogens is 2. The van der Waals surface area contributed by atoms with Crippen LogP contribution in [0.3, 0.4) is 0 Å². The molecule has 1 aromatic carbocycles. The third kappa shape index (κ3) is 1.43. The number of imidazole rings is 1. The van der Waals surface area contributed by atoms with Gasteiger partial charge in [-0.05, 0) is 49.4 Å². The summed E-state index contributed by atoms with van der Waals surface area (Å²) < 4.78 is 31.5. The van der Waals surface area contributed by atoms with Gasteiger partial charge < -0.3 is 4.57 Å². The van der Waals surface area contributed by atoms with Crippen LogP contribution in [0.2, 0.25) is 0 Å². The van der Waals surface area contributed by atoms with E-state index in [-0.39, 0.29) is 5.52 Å². The van der Waals surface area contributed by atoms with Gasteiger partial charge >= 0.3 is 0 Å². The second-order valence-corrected chi connectivity index (χ2v) is 5.60. The highest BCUT2D eigenvalue weighted by Crippen LogP contribution is 2.34. The average Bonchev–Trinajstić information content (AvgIpc) is 2.82. The van der Waals surface area contributed by atoms with Crippen LogP contribution in [0.5, 0.6) is 0 Å². The molecule has 21 heavy (non-hydrogen) atoms. The third-order valence-corrected chi connectivity index (χ3v) is 4.54. The maximum Gasteiger partial charge on any atom is 0.184 e. The first-order chi connectivity index (χ1) is 10.1. The quantitative estimate of drug-likeness (QED) is 0.628. The Labute approximate surface area is 119 Å². The van der Waals surface area contributed by atoms with Gasteiger partial charge in [0.05, 0.1) is 11.2 Å². The topological polar surface area (TPSA) is 26.4 Å². The molecule has 0 amide bonds. The molecule has 0 fully saturated rings. The Balaban J connectivity index is 2.33. The summed E-state index contributed by atoms with van der Waals surface area (Å²) >= 11 is 0. The first-order valence-electron chi connectivity index (χ1n) is 7.10. The molecule has 2 aromatic heterocycles. The van der Waals surface area contributed by atoms with Crippen molar-refractivity contribution in [1.82, 2.24) is 8.97 Å². The Hall–Kier alpha value is -2.17. The minimum atomic E-state index is -0.852. The fraction of sp³-hybridized carbons (Fsp3) is 0.312. The number of carbonyl (C=O) groups is 1. The second-order valence-electron chi connectivity index (χ2n) is 5.60. The minimum absolute atomic E-state index is 0.260. The SMILES string of the molecule is Cc1c2c3n(c4c(F)c(F)ccc4n3c1C=O)CCCC2. The zero-order valence-corrected chi connectivity index (χ0v) is 11.6. The molecule has 0 saturated heterocycles. The second kappa shape index (κ2) is 4.16. The molecular weight excluding hydrogens is 274 g/mol. The highest BCUT2D eigenvalue weighted by Gasteiger charge is 2.26. The van der Waals surface area contributed by atoms with Gasteiger partial charge in [-0.3, -0.25) is 9.20 Å². The van der Waals surface area contributed by atoms with Gasteiger partial charge in [0, 0.05) is 6.54 Å². The Morgan fingerprint density at radius 1 is 1.24 bits per heavy atom. The molecule has 108 valence electrons. The molecule has 0 atom stereocenters. The van der Waals surface area contributed by atoms with Gasteiger partial charge in [-0.2, -0.15) is 0 Å². The number of aldehydes is 1. The summed E-state index contributed by atoms with van der Waals surface area (Å²) in [7, 11) is 0. The molecule has 0 bridgehead atoms. The van der Waals surface area contributed by atoms with E-state index in [2.05, 4.69) is 0 Å². The molecule has 1 aliphatic rings. The third-order valence-electron chi connectivity index (χ3n) is 4.54. The lowest BCUT2D eigenvalue weighted by Crippen LogP contribution is -1.99. The van der Waals surface area contributed by atoms with E-state index in [0.29, 0.717) is 17.8 Å². The van der Waals surface area contributed by atoms with Crippen molar-refractivity contribution in [2.75, 3.05) is 0 Å². The summed E-state index contributed by atoms with van der Waals surface area (Å²) in [5, 5.41) is 0. The first-order valence-corrected chi connectivity index (χ1v) is 7.10. The number of hydrogen-bond acceptors (Lipinski definition) is 1. The van der Waals surface area contributed by atoms with E-state index < -0.39 is 11.6 Å². The van der Waals surface area contributed by atoms with Gasteiger partial charge in [-0.15, -0.1) is 0 Å². The van der Waals surface area contributed by atoms with Crippen molar-refractivity contribution in [2.45, 2.75) is 32.7 Å². The molecular formula is C16H14F2N2O. The van der Waals surface area contributed by atoms with Crippen molar-refractivity contribution in [2.24, 2.45) is 0 Å². The lowest BCUT2D eigenvalue weighted by atomic mass is 10.1. The van der Waals surface area contributed by atoms with Gasteiger partial charge in [-0.1, -0.05) is 0 Å². The molecule has 0 aliphatic carbocycles. The number of nitrogens with zero attached hydrogens (tertiary/aromatic N) is 2. The van der Waals surface area contributed by atoms with Crippen LogP contribution < -0.4 is 0 Å². The van der Waals surface area contributed by atoms with Gasteiger partial charge in [0.1, 0.15) is 11.2 Å². The molecule has 3 aromatic rings. The van der Waals surface area contributed by atoms with Crippen LogP contribution >= 0.6 is 0 Å². The predicted octanol–water partition coefficient (Wildman–Crippen LogP) is 3.63. The summed E-state index contributed by atoms with van der Waals surface area (Å²) in [5.74, 6) is -1.69. The van der Waals surface area contributed by atoms with Crippen LogP contribution in [0.25, 0.3) is 16.7 Å². The zero-order chi connectivity index (χ0) is 14.7. The summed E-state index contributed by atoms with van der Waals surface area (Å²) in [6.07, 6.45) is 3.57. The number of benzene rings is 1. The van der Waals surface area contributed by atoms with E-state index in [1.807, 2.05) is 11.5 Å². The molecule has 5 heteroatoms. The van der Waals surface area contributed by atoms with Crippen molar-refractivity contribution >= 4 is 23.0 Å². The van der Waals surface area contributed by atoms with Crippen LogP contribution in [-0.4, -0.2) is 15.3 Å². The van der Waals surface area contributed by atoms with E-state index in [1.165, 1.54) is 0 Å². The largest absolute Gasteiger partial charge is 0.323 e. The zero-order valence-electron chi connectivity index (χ0n) is 11.6. The molecule has 0 spiro atoms. The van der Waals surface area contributed by atoms with E-state index in [1.54, 1.807) is 10.5 Å². The van der Waals surface area contributed by atoms with Crippen molar-refractivity contribution in [3.05, 3.63) is 40.6 Å². The van der Waals surface area contributed by atoms with Crippen molar-refractivity contribution < 1.29 is 13.6 Å². The number of carbonyl (C=O) groups excluding carboxylic acids is 1. The van der Waals surface area contributed by atoms with Gasteiger partial charge in [0.15, 0.2) is 17.9 Å². The number of hydrogen-bond donors (Lipinski definition) is 0. The number of aromatic nitrogens is 2. The Bertz CT molecular complexity index is 905. The van der Waals surface area contributed by atoms with Crippen LogP contribution in [0.1, 0.15) is 34.5 Å². The Morgan fingerprint density at radius 2 is 2.05 bits per heavy atom. The molecule has 0 unspecified atom stereocenters. The lowest BCUT2D eigenvalue weighted by Gasteiger charge is -2.04. The predicted molar refractivity (Wildman–Crippen MR) is 75.9 cm³/mol. The summed E-state index contributed by atoms with van der Waals surface area (Å²) in [6.45, 7) is 2.57. The molecule has 4 rings (SSSR count). The van der Waals surface area contributed by atoms with Crippen LogP contribution in [0.15, 0.2) is 12.1 Å². The molecule has 0 radical (unpaired) electrons. The van der Waals surface area contributed by atoms with E-state index >= 15 is 0 Å². The molecule has 3 nitrogen and oxygen atoms in total. The molecule has 0 N–H and O–H groups in total. The van der Waals surface area contributed by atoms with Crippen LogP contribution in [-0.2, 0) is 13.0 Å². The fourth-order valence-corrected chi connectivity index (χ4v) is 3.57. The van der Waals surface area contributed by atoms with E-state index in [9.17, 15) is 13.6 Å². The molecule has 3 heterocycles. The monoisotopic (exact) mass is 288 g/mol. The number of aryl methyl sites for hydroxylation is 2. The summed E-state index contributed by atoms with van der Waals surface area (Å²) in [6, 6.07) is 2.67. The summed E-state index contributed by atoms with van der Waals surface area (Å²) in [5.41, 5.74) is 4.22. The normalized spacial score (nSPS) is 14.8. The first kappa shape index (κ1) is 12.6. The van der Waals surface area contributed by atoms with Gasteiger partial charge in [0.25, 0.3) is 0 Å². The highest BCUT2D eigenvalue weighted by atomic mass is 19.2. The number of rotatable bonds is 1. The number of fused-ring (bicyclic) bond motifs is 3. The van der Waals surface area contributed by atoms with Gasteiger partial charge in [-0.25, -0.2) is 8.78 Å². The van der Waals surface area contributed by atoms with Crippen molar-refractivity contribution in [1.29, 1.82) is 0 Å². The van der Waals surface area contributed by atoms with Crippen molar-refractivity contribution in [3.8, 4) is 0 Å². The minimum Gasteiger partial charge on any atom is -0.323 e.